The Balaban J connectivity index is 0.00000408. The molecule has 1 heterocycles. The van der Waals surface area contributed by atoms with Crippen LogP contribution in [0.25, 0.3) is 10.2 Å². The maximum Gasteiger partial charge on any atom is 0.229 e. The van der Waals surface area contributed by atoms with Gasteiger partial charge in [0.1, 0.15) is 5.52 Å². The summed E-state index contributed by atoms with van der Waals surface area (Å²) in [5.41, 5.74) is 0.302. The first-order valence-corrected chi connectivity index (χ1v) is 14.7. The van der Waals surface area contributed by atoms with Gasteiger partial charge < -0.3 is 4.90 Å². The fourth-order valence-electron chi connectivity index (χ4n) is 3.07. The predicted octanol–water partition coefficient (Wildman–Crippen LogP) is 3.53. The number of hydrogen-bond acceptors (Lipinski definition) is 8. The number of para-hydroxylation sites is 1. The summed E-state index contributed by atoms with van der Waals surface area (Å²) in [6.07, 6.45) is 0.866. The summed E-state index contributed by atoms with van der Waals surface area (Å²) in [7, 11) is -3.48. The van der Waals surface area contributed by atoms with Crippen molar-refractivity contribution in [2.75, 3.05) is 44.1 Å². The van der Waals surface area contributed by atoms with Crippen molar-refractivity contribution in [1.82, 2.24) is 9.88 Å². The number of sulfone groups is 2. The number of amides is 1. The molecule has 0 spiro atoms. The lowest BCUT2D eigenvalue weighted by Crippen LogP contribution is -2.37. The number of aromatic nitrogens is 1. The number of benzene rings is 2. The molecule has 0 saturated carbocycles. The van der Waals surface area contributed by atoms with Crippen LogP contribution in [0.4, 0.5) is 5.13 Å². The van der Waals surface area contributed by atoms with Crippen molar-refractivity contribution < 1.29 is 21.6 Å². The lowest BCUT2D eigenvalue weighted by Gasteiger charge is -2.22. The van der Waals surface area contributed by atoms with Gasteiger partial charge in [-0.15, -0.1) is 12.4 Å². The average Bonchev–Trinajstić information content (AvgIpc) is 3.15. The van der Waals surface area contributed by atoms with Crippen molar-refractivity contribution >= 4 is 76.3 Å². The van der Waals surface area contributed by atoms with E-state index in [1.165, 1.54) is 46.6 Å². The maximum absolute atomic E-state index is 13.1. The quantitative estimate of drug-likeness (QED) is 0.390. The summed E-state index contributed by atoms with van der Waals surface area (Å²) in [5.74, 6) is -0.778. The molecule has 0 radical (unpaired) electrons. The van der Waals surface area contributed by atoms with Crippen molar-refractivity contribution in [3.63, 3.8) is 0 Å². The summed E-state index contributed by atoms with van der Waals surface area (Å²) < 4.78 is 50.3. The first-order valence-electron chi connectivity index (χ1n) is 9.91. The standard InChI is InChI=1S/C21H24ClN3O5S3.ClH/c1-24(2)12-13-25(19(26)11-14-33(29,30)16-9-7-15(22)8-10-16)21-23-20-17(31-21)5-4-6-18(20)32(3,27)28;/h4-10H,11-14H2,1-3H3;1H. The van der Waals surface area contributed by atoms with Crippen LogP contribution in [0.2, 0.25) is 5.02 Å². The number of anilines is 1. The average molecular weight is 567 g/mol. The number of hydrogen-bond donors (Lipinski definition) is 0. The minimum Gasteiger partial charge on any atom is -0.308 e. The van der Waals surface area contributed by atoms with E-state index in [1.54, 1.807) is 12.1 Å². The molecule has 0 aliphatic rings. The predicted molar refractivity (Wildman–Crippen MR) is 139 cm³/mol. The molecule has 8 nitrogen and oxygen atoms in total. The molecule has 13 heteroatoms. The van der Waals surface area contributed by atoms with Gasteiger partial charge in [-0.1, -0.05) is 29.0 Å². The fourth-order valence-corrected chi connectivity index (χ4v) is 6.36. The van der Waals surface area contributed by atoms with Gasteiger partial charge in [0.15, 0.2) is 24.8 Å². The third kappa shape index (κ3) is 6.89. The highest BCUT2D eigenvalue weighted by Crippen LogP contribution is 2.33. The molecule has 3 rings (SSSR count). The van der Waals surface area contributed by atoms with Crippen LogP contribution >= 0.6 is 35.3 Å². The number of halogens is 2. The van der Waals surface area contributed by atoms with Gasteiger partial charge in [-0.3, -0.25) is 9.69 Å². The van der Waals surface area contributed by atoms with E-state index in [9.17, 15) is 21.6 Å². The monoisotopic (exact) mass is 565 g/mol. The molecular formula is C21H25Cl2N3O5S3. The molecule has 3 aromatic rings. The van der Waals surface area contributed by atoms with Crippen molar-refractivity contribution in [3.05, 3.63) is 47.5 Å². The zero-order chi connectivity index (χ0) is 24.4. The molecule has 0 bridgehead atoms. The lowest BCUT2D eigenvalue weighted by atomic mass is 10.3. The molecule has 34 heavy (non-hydrogen) atoms. The summed E-state index contributed by atoms with van der Waals surface area (Å²) in [5, 5.41) is 0.751. The van der Waals surface area contributed by atoms with Crippen LogP contribution in [0.1, 0.15) is 6.42 Å². The van der Waals surface area contributed by atoms with E-state index in [-0.39, 0.29) is 40.9 Å². The van der Waals surface area contributed by atoms with Crippen molar-refractivity contribution in [2.45, 2.75) is 16.2 Å². The van der Waals surface area contributed by atoms with Crippen LogP contribution < -0.4 is 4.90 Å². The van der Waals surface area contributed by atoms with E-state index in [0.29, 0.717) is 26.9 Å². The van der Waals surface area contributed by atoms with Gasteiger partial charge in [-0.2, -0.15) is 0 Å². The SMILES string of the molecule is CN(C)CCN(C(=O)CCS(=O)(=O)c1ccc(Cl)cc1)c1nc2c(S(C)(=O)=O)cccc2s1.Cl. The number of fused-ring (bicyclic) bond motifs is 1. The largest absolute Gasteiger partial charge is 0.308 e. The first kappa shape index (κ1) is 28.5. The van der Waals surface area contributed by atoms with Crippen LogP contribution in [0.15, 0.2) is 52.3 Å². The molecule has 2 aromatic carbocycles. The zero-order valence-electron chi connectivity index (χ0n) is 18.8. The van der Waals surface area contributed by atoms with E-state index in [0.717, 1.165) is 6.26 Å². The fraction of sp³-hybridized carbons (Fsp3) is 0.333. The Kier molecular flexibility index (Phi) is 9.48. The molecule has 186 valence electrons. The van der Waals surface area contributed by atoms with E-state index in [2.05, 4.69) is 4.98 Å². The van der Waals surface area contributed by atoms with Crippen LogP contribution in [-0.4, -0.2) is 71.8 Å². The smallest absolute Gasteiger partial charge is 0.229 e. The van der Waals surface area contributed by atoms with Gasteiger partial charge >= 0.3 is 0 Å². The molecule has 0 saturated heterocycles. The molecule has 1 aromatic heterocycles. The number of thiazole rings is 1. The third-order valence-electron chi connectivity index (χ3n) is 4.83. The molecule has 0 N–H and O–H groups in total. The maximum atomic E-state index is 13.1. The van der Waals surface area contributed by atoms with Crippen molar-refractivity contribution in [2.24, 2.45) is 0 Å². The summed E-state index contributed by atoms with van der Waals surface area (Å²) in [4.78, 5) is 21.1. The van der Waals surface area contributed by atoms with Crippen LogP contribution in [0.5, 0.6) is 0 Å². The minimum absolute atomic E-state index is 0. The normalized spacial score (nSPS) is 12.0. The number of nitrogens with zero attached hydrogens (tertiary/aromatic N) is 3. The Morgan fingerprint density at radius 3 is 2.26 bits per heavy atom. The topological polar surface area (TPSA) is 105 Å². The molecule has 0 unspecified atom stereocenters. The van der Waals surface area contributed by atoms with Crippen LogP contribution in [0.3, 0.4) is 0 Å². The molecule has 0 aliphatic heterocycles. The van der Waals surface area contributed by atoms with E-state index >= 15 is 0 Å². The molecular weight excluding hydrogens is 541 g/mol. The molecule has 0 aliphatic carbocycles. The highest BCUT2D eigenvalue weighted by molar-refractivity contribution is 7.91. The van der Waals surface area contributed by atoms with E-state index < -0.39 is 25.6 Å². The van der Waals surface area contributed by atoms with Gasteiger partial charge in [0.25, 0.3) is 0 Å². The summed E-state index contributed by atoms with van der Waals surface area (Å²) >= 11 is 7.02. The second-order valence-corrected chi connectivity index (χ2v) is 13.3. The van der Waals surface area contributed by atoms with Crippen molar-refractivity contribution in [1.29, 1.82) is 0 Å². The Hall–Kier alpha value is -1.76. The second kappa shape index (κ2) is 11.3. The number of rotatable bonds is 9. The van der Waals surface area contributed by atoms with Crippen molar-refractivity contribution in [3.8, 4) is 0 Å². The Bertz CT molecular complexity index is 1370. The van der Waals surface area contributed by atoms with Gasteiger partial charge in [0.05, 0.1) is 20.2 Å². The van der Waals surface area contributed by atoms with Crippen LogP contribution in [0, 0.1) is 0 Å². The Morgan fingerprint density at radius 1 is 1.03 bits per heavy atom. The highest BCUT2D eigenvalue weighted by Gasteiger charge is 2.25. The van der Waals surface area contributed by atoms with Gasteiger partial charge in [0, 0.05) is 30.8 Å². The molecule has 0 atom stereocenters. The zero-order valence-corrected chi connectivity index (χ0v) is 22.8. The second-order valence-electron chi connectivity index (χ2n) is 7.74. The van der Waals surface area contributed by atoms with E-state index in [1.807, 2.05) is 19.0 Å². The Morgan fingerprint density at radius 2 is 1.68 bits per heavy atom. The third-order valence-corrected chi connectivity index (χ3v) is 8.99. The number of carbonyl (C=O) groups is 1. The first-order chi connectivity index (χ1) is 15.4. The van der Waals surface area contributed by atoms with Crippen LogP contribution in [-0.2, 0) is 24.5 Å². The Labute approximate surface area is 214 Å². The van der Waals surface area contributed by atoms with E-state index in [4.69, 9.17) is 11.6 Å². The molecule has 0 fully saturated rings. The highest BCUT2D eigenvalue weighted by atomic mass is 35.5. The molecule has 1 amide bonds. The van der Waals surface area contributed by atoms with Gasteiger partial charge in [-0.05, 0) is 50.5 Å². The lowest BCUT2D eigenvalue weighted by molar-refractivity contribution is -0.118. The number of carbonyl (C=O) groups excluding carboxylic acids is 1. The van der Waals surface area contributed by atoms with Gasteiger partial charge in [0.2, 0.25) is 5.91 Å². The van der Waals surface area contributed by atoms with Gasteiger partial charge in [-0.25, -0.2) is 21.8 Å². The number of likely N-dealkylation sites (N-methyl/N-ethyl adjacent to an activating group) is 1. The summed E-state index contributed by atoms with van der Waals surface area (Å²) in [6.45, 7) is 0.797. The summed E-state index contributed by atoms with van der Waals surface area (Å²) in [6, 6.07) is 10.6. The minimum atomic E-state index is -3.68.